The van der Waals surface area contributed by atoms with Gasteiger partial charge in [-0.1, -0.05) is 114 Å². The Balaban J connectivity index is 1.47. The normalized spacial score (nSPS) is 21.8. The zero-order valence-corrected chi connectivity index (χ0v) is 24.8. The van der Waals surface area contributed by atoms with E-state index in [0.717, 1.165) is 16.7 Å². The second kappa shape index (κ2) is 15.6. The highest BCUT2D eigenvalue weighted by Gasteiger charge is 2.49. The van der Waals surface area contributed by atoms with E-state index in [0.29, 0.717) is 6.61 Å². The number of nitrogens with one attached hydrogen (secondary N) is 1. The first-order valence-corrected chi connectivity index (χ1v) is 15.7. The molecule has 4 aromatic rings. The molecule has 0 saturated carbocycles. The molecule has 4 aromatic carbocycles. The molecule has 11 heteroatoms. The number of rotatable bonds is 14. The van der Waals surface area contributed by atoms with Crippen molar-refractivity contribution in [2.75, 3.05) is 6.61 Å². The van der Waals surface area contributed by atoms with E-state index in [9.17, 15) is 13.9 Å². The second-order valence-electron chi connectivity index (χ2n) is 10.3. The molecule has 0 bridgehead atoms. The molecule has 1 heterocycles. The van der Waals surface area contributed by atoms with Crippen LogP contribution < -0.4 is 4.72 Å². The van der Waals surface area contributed by atoms with Crippen molar-refractivity contribution >= 4 is 10.0 Å². The lowest BCUT2D eigenvalue weighted by atomic mass is 9.96. The number of hydrogen-bond donors (Lipinski definition) is 1. The van der Waals surface area contributed by atoms with Crippen LogP contribution in [0.5, 0.6) is 0 Å². The van der Waals surface area contributed by atoms with Crippen molar-refractivity contribution in [3.05, 3.63) is 148 Å². The summed E-state index contributed by atoms with van der Waals surface area (Å²) in [7, 11) is -4.07. The maximum Gasteiger partial charge on any atom is 0.240 e. The molecule has 10 nitrogen and oxygen atoms in total. The molecule has 228 valence electrons. The minimum absolute atomic E-state index is 0.0524. The van der Waals surface area contributed by atoms with Gasteiger partial charge in [0, 0.05) is 4.91 Å². The number of hydrogen-bond acceptors (Lipinski definition) is 7. The average molecular weight is 615 g/mol. The minimum atomic E-state index is -4.07. The topological polar surface area (TPSA) is 132 Å². The third kappa shape index (κ3) is 8.52. The van der Waals surface area contributed by atoms with Gasteiger partial charge in [0.25, 0.3) is 0 Å². The predicted octanol–water partition coefficient (Wildman–Crippen LogP) is 5.76. The Hall–Kier alpha value is -4.06. The summed E-state index contributed by atoms with van der Waals surface area (Å²) < 4.78 is 55.0. The summed E-state index contributed by atoms with van der Waals surface area (Å²) >= 11 is 0. The van der Waals surface area contributed by atoms with Crippen LogP contribution in [0.2, 0.25) is 0 Å². The molecule has 0 spiro atoms. The van der Waals surface area contributed by atoms with E-state index in [2.05, 4.69) is 14.7 Å². The van der Waals surface area contributed by atoms with E-state index >= 15 is 0 Å². The minimum Gasteiger partial charge on any atom is -0.374 e. The molecule has 0 unspecified atom stereocenters. The van der Waals surface area contributed by atoms with Crippen molar-refractivity contribution in [1.29, 1.82) is 0 Å². The molecular weight excluding hydrogens is 580 g/mol. The number of sulfonamides is 1. The zero-order valence-electron chi connectivity index (χ0n) is 24.0. The fourth-order valence-corrected chi connectivity index (χ4v) is 6.24. The van der Waals surface area contributed by atoms with Crippen LogP contribution in [0.3, 0.4) is 0 Å². The van der Waals surface area contributed by atoms with E-state index in [1.165, 1.54) is 12.1 Å². The van der Waals surface area contributed by atoms with Gasteiger partial charge in [0.15, 0.2) is 6.23 Å². The molecule has 0 aromatic heterocycles. The highest BCUT2D eigenvalue weighted by Crippen LogP contribution is 2.30. The summed E-state index contributed by atoms with van der Waals surface area (Å²) in [5.41, 5.74) is 12.2. The number of nitrogens with zero attached hydrogens (tertiary/aromatic N) is 3. The first kappa shape index (κ1) is 31.4. The molecule has 5 atom stereocenters. The Morgan fingerprint density at radius 1 is 0.705 bits per heavy atom. The number of benzene rings is 4. The summed E-state index contributed by atoms with van der Waals surface area (Å²) in [5.74, 6) is 0. The largest absolute Gasteiger partial charge is 0.374 e. The first-order chi connectivity index (χ1) is 21.5. The van der Waals surface area contributed by atoms with Gasteiger partial charge in [-0.2, -0.15) is 0 Å². The second-order valence-corrected chi connectivity index (χ2v) is 12.0. The SMILES string of the molecule is [N-]=[N+]=N[C@@H]1O[C@H](COCc2ccccc2)[C@@H](OCc2ccccc2)[C@H](OCc2ccccc2)[C@H]1NS(=O)(=O)c1ccccc1. The highest BCUT2D eigenvalue weighted by atomic mass is 32.2. The van der Waals surface area contributed by atoms with Crippen molar-refractivity contribution in [2.24, 2.45) is 5.11 Å². The van der Waals surface area contributed by atoms with Crippen molar-refractivity contribution in [3.63, 3.8) is 0 Å². The van der Waals surface area contributed by atoms with Crippen LogP contribution in [0.25, 0.3) is 10.4 Å². The van der Waals surface area contributed by atoms with Crippen LogP contribution in [0.4, 0.5) is 0 Å². The fourth-order valence-electron chi connectivity index (χ4n) is 4.98. The fraction of sp³-hybridized carbons (Fsp3) is 0.273. The van der Waals surface area contributed by atoms with Crippen molar-refractivity contribution in [3.8, 4) is 0 Å². The molecule has 1 aliphatic rings. The van der Waals surface area contributed by atoms with Gasteiger partial charge in [-0.15, -0.1) is 0 Å². The average Bonchev–Trinajstić information content (AvgIpc) is 3.06. The van der Waals surface area contributed by atoms with E-state index in [1.807, 2.05) is 91.0 Å². The number of ether oxygens (including phenoxy) is 4. The molecule has 1 aliphatic heterocycles. The van der Waals surface area contributed by atoms with E-state index < -0.39 is 40.6 Å². The van der Waals surface area contributed by atoms with Gasteiger partial charge in [0.2, 0.25) is 10.0 Å². The molecule has 1 saturated heterocycles. The predicted molar refractivity (Wildman–Crippen MR) is 164 cm³/mol. The van der Waals surface area contributed by atoms with Gasteiger partial charge in [-0.05, 0) is 34.4 Å². The summed E-state index contributed by atoms with van der Waals surface area (Å²) in [6.07, 6.45) is -3.73. The van der Waals surface area contributed by atoms with Crippen LogP contribution >= 0.6 is 0 Å². The smallest absolute Gasteiger partial charge is 0.240 e. The molecular formula is C33H34N4O6S. The standard InChI is InChI=1S/C33H34N4O6S/c34-37-35-33-30(36-44(38,39)28-19-11-4-12-20-28)32(42-23-27-17-9-3-10-18-27)31(41-22-26-15-7-2-8-16-26)29(43-33)24-40-21-25-13-5-1-6-14-25/h1-20,29-33,36H,21-24H2/t29-,30-,31-,32-,33-/m1/s1. The van der Waals surface area contributed by atoms with Gasteiger partial charge in [-0.25, -0.2) is 13.1 Å². The molecule has 0 amide bonds. The molecule has 1 fully saturated rings. The Morgan fingerprint density at radius 2 is 1.18 bits per heavy atom. The maximum atomic E-state index is 13.5. The molecule has 0 aliphatic carbocycles. The Bertz CT molecular complexity index is 1590. The van der Waals surface area contributed by atoms with Crippen LogP contribution in [-0.4, -0.2) is 45.6 Å². The Morgan fingerprint density at radius 3 is 1.70 bits per heavy atom. The third-order valence-corrected chi connectivity index (χ3v) is 8.62. The van der Waals surface area contributed by atoms with E-state index in [4.69, 9.17) is 18.9 Å². The van der Waals surface area contributed by atoms with Crippen LogP contribution in [-0.2, 0) is 48.8 Å². The van der Waals surface area contributed by atoms with Crippen LogP contribution in [0.15, 0.2) is 131 Å². The monoisotopic (exact) mass is 614 g/mol. The Labute approximate surface area is 257 Å². The quantitative estimate of drug-likeness (QED) is 0.109. The summed E-state index contributed by atoms with van der Waals surface area (Å²) in [6, 6.07) is 35.6. The first-order valence-electron chi connectivity index (χ1n) is 14.2. The highest BCUT2D eigenvalue weighted by molar-refractivity contribution is 7.89. The van der Waals surface area contributed by atoms with Gasteiger partial charge in [0.05, 0.1) is 37.4 Å². The summed E-state index contributed by atoms with van der Waals surface area (Å²) in [6.45, 7) is 0.757. The van der Waals surface area contributed by atoms with Gasteiger partial charge >= 0.3 is 0 Å². The van der Waals surface area contributed by atoms with Crippen LogP contribution in [0, 0.1) is 0 Å². The maximum absolute atomic E-state index is 13.5. The van der Waals surface area contributed by atoms with E-state index in [1.54, 1.807) is 18.2 Å². The molecule has 5 rings (SSSR count). The lowest BCUT2D eigenvalue weighted by molar-refractivity contribution is -0.228. The van der Waals surface area contributed by atoms with Gasteiger partial charge in [0.1, 0.15) is 18.3 Å². The summed E-state index contributed by atoms with van der Waals surface area (Å²) in [4.78, 5) is 3.03. The van der Waals surface area contributed by atoms with E-state index in [-0.39, 0.29) is 24.7 Å². The van der Waals surface area contributed by atoms with Gasteiger partial charge in [-0.3, -0.25) is 0 Å². The molecule has 0 radical (unpaired) electrons. The Kier molecular flexibility index (Phi) is 11.1. The number of azide groups is 1. The lowest BCUT2D eigenvalue weighted by Crippen LogP contribution is -2.65. The van der Waals surface area contributed by atoms with Crippen molar-refractivity contribution < 1.29 is 27.4 Å². The molecule has 44 heavy (non-hydrogen) atoms. The third-order valence-electron chi connectivity index (χ3n) is 7.14. The molecule has 1 N–H and O–H groups in total. The van der Waals surface area contributed by atoms with Gasteiger partial charge < -0.3 is 18.9 Å². The summed E-state index contributed by atoms with van der Waals surface area (Å²) in [5, 5.41) is 3.86. The van der Waals surface area contributed by atoms with Crippen molar-refractivity contribution in [1.82, 2.24) is 4.72 Å². The van der Waals surface area contributed by atoms with Crippen LogP contribution in [0.1, 0.15) is 16.7 Å². The zero-order chi connectivity index (χ0) is 30.6. The van der Waals surface area contributed by atoms with Crippen molar-refractivity contribution in [2.45, 2.75) is 55.3 Å². The lowest BCUT2D eigenvalue weighted by Gasteiger charge is -2.45.